The molecular weight excluding hydrogens is 515 g/mol. The van der Waals surface area contributed by atoms with E-state index in [1.807, 2.05) is 36.4 Å². The van der Waals surface area contributed by atoms with E-state index in [0.29, 0.717) is 31.6 Å². The van der Waals surface area contributed by atoms with Crippen LogP contribution in [0.3, 0.4) is 0 Å². The Balaban J connectivity index is 1.52. The molecule has 0 saturated carbocycles. The second kappa shape index (κ2) is 13.4. The molecule has 3 atom stereocenters. The molecule has 1 aliphatic heterocycles. The number of nitrogens with one attached hydrogen (secondary N) is 2. The number of methoxy groups -OCH3 is 1. The van der Waals surface area contributed by atoms with E-state index in [1.165, 1.54) is 24.3 Å². The van der Waals surface area contributed by atoms with Gasteiger partial charge in [-0.05, 0) is 40.5 Å². The van der Waals surface area contributed by atoms with Crippen molar-refractivity contribution in [2.45, 2.75) is 31.0 Å². The van der Waals surface area contributed by atoms with Crippen molar-refractivity contribution in [3.05, 3.63) is 83.7 Å². The van der Waals surface area contributed by atoms with E-state index in [2.05, 4.69) is 21.6 Å². The normalized spacial score (nSPS) is 17.3. The van der Waals surface area contributed by atoms with Gasteiger partial charge in [-0.25, -0.2) is 9.18 Å². The smallest absolute Gasteiger partial charge is 0.405 e. The largest absolute Gasteiger partial charge is 0.465 e. The van der Waals surface area contributed by atoms with E-state index < -0.39 is 30.0 Å². The molecule has 1 aliphatic rings. The SMILES string of the molecule is CNC(=O)C(Cc1ccc2ccccc2c1)N1CCN(C(=O)C(Cc2ccc(F)cc2)NC(=O)O)C(COC)C1. The van der Waals surface area contributed by atoms with Crippen LogP contribution in [-0.4, -0.2) is 91.3 Å². The topological polar surface area (TPSA) is 111 Å². The highest BCUT2D eigenvalue weighted by atomic mass is 19.1. The van der Waals surface area contributed by atoms with Crippen molar-refractivity contribution in [3.8, 4) is 0 Å². The monoisotopic (exact) mass is 550 g/mol. The molecule has 0 bridgehead atoms. The lowest BCUT2D eigenvalue weighted by Crippen LogP contribution is -2.64. The molecule has 3 aromatic carbocycles. The number of amides is 3. The lowest BCUT2D eigenvalue weighted by atomic mass is 9.98. The first-order valence-corrected chi connectivity index (χ1v) is 13.3. The lowest BCUT2D eigenvalue weighted by molar-refractivity contribution is -0.141. The summed E-state index contributed by atoms with van der Waals surface area (Å²) in [5.74, 6) is -0.922. The van der Waals surface area contributed by atoms with E-state index in [9.17, 15) is 23.9 Å². The average molecular weight is 551 g/mol. The fourth-order valence-electron chi connectivity index (χ4n) is 5.34. The summed E-state index contributed by atoms with van der Waals surface area (Å²) in [4.78, 5) is 41.9. The first kappa shape index (κ1) is 29.0. The molecule has 10 heteroatoms. The number of carboxylic acid groups (broad SMARTS) is 1. The fraction of sp³-hybridized carbons (Fsp3) is 0.367. The van der Waals surface area contributed by atoms with Crippen LogP contribution in [0.1, 0.15) is 11.1 Å². The molecule has 9 nitrogen and oxygen atoms in total. The van der Waals surface area contributed by atoms with Gasteiger partial charge in [-0.15, -0.1) is 0 Å². The molecule has 1 fully saturated rings. The summed E-state index contributed by atoms with van der Waals surface area (Å²) in [6, 6.07) is 17.9. The molecule has 3 unspecified atom stereocenters. The molecule has 40 heavy (non-hydrogen) atoms. The van der Waals surface area contributed by atoms with Crippen molar-refractivity contribution in [3.63, 3.8) is 0 Å². The fourth-order valence-corrected chi connectivity index (χ4v) is 5.34. The number of likely N-dealkylation sites (N-methyl/N-ethyl adjacent to an activating group) is 1. The van der Waals surface area contributed by atoms with Gasteiger partial charge in [0.1, 0.15) is 11.9 Å². The number of hydrogen-bond donors (Lipinski definition) is 3. The molecule has 3 N–H and O–H groups in total. The molecular formula is C30H35FN4O5. The first-order chi connectivity index (χ1) is 19.3. The lowest BCUT2D eigenvalue weighted by Gasteiger charge is -2.44. The van der Waals surface area contributed by atoms with Gasteiger partial charge in [-0.1, -0.05) is 54.6 Å². The third-order valence-corrected chi connectivity index (χ3v) is 7.34. The van der Waals surface area contributed by atoms with Gasteiger partial charge in [-0.2, -0.15) is 0 Å². The minimum Gasteiger partial charge on any atom is -0.465 e. The third-order valence-electron chi connectivity index (χ3n) is 7.34. The van der Waals surface area contributed by atoms with Crippen LogP contribution in [0.4, 0.5) is 9.18 Å². The van der Waals surface area contributed by atoms with Crippen LogP contribution < -0.4 is 10.6 Å². The van der Waals surface area contributed by atoms with Gasteiger partial charge in [0.15, 0.2) is 0 Å². The van der Waals surface area contributed by atoms with Crippen molar-refractivity contribution in [2.75, 3.05) is 40.4 Å². The zero-order valence-electron chi connectivity index (χ0n) is 22.7. The Kier molecular flexibility index (Phi) is 9.68. The van der Waals surface area contributed by atoms with Gasteiger partial charge in [0.2, 0.25) is 11.8 Å². The van der Waals surface area contributed by atoms with Crippen LogP contribution in [-0.2, 0) is 27.2 Å². The molecule has 0 aliphatic carbocycles. The summed E-state index contributed by atoms with van der Waals surface area (Å²) in [5.41, 5.74) is 1.66. The predicted octanol–water partition coefficient (Wildman–Crippen LogP) is 2.67. The number of rotatable bonds is 10. The molecule has 0 aromatic heterocycles. The van der Waals surface area contributed by atoms with Crippen molar-refractivity contribution >= 4 is 28.7 Å². The highest BCUT2D eigenvalue weighted by Crippen LogP contribution is 2.21. The highest BCUT2D eigenvalue weighted by Gasteiger charge is 2.38. The number of ether oxygens (including phenoxy) is 1. The van der Waals surface area contributed by atoms with Gasteiger partial charge in [0.05, 0.1) is 18.7 Å². The molecule has 1 saturated heterocycles. The second-order valence-corrected chi connectivity index (χ2v) is 9.98. The second-order valence-electron chi connectivity index (χ2n) is 9.98. The molecule has 1 heterocycles. The van der Waals surface area contributed by atoms with Crippen LogP contribution in [0.15, 0.2) is 66.7 Å². The summed E-state index contributed by atoms with van der Waals surface area (Å²) >= 11 is 0. The summed E-state index contributed by atoms with van der Waals surface area (Å²) in [6.45, 7) is 1.31. The van der Waals surface area contributed by atoms with E-state index in [-0.39, 0.29) is 24.8 Å². The van der Waals surface area contributed by atoms with Crippen LogP contribution in [0.2, 0.25) is 0 Å². The maximum atomic E-state index is 13.6. The summed E-state index contributed by atoms with van der Waals surface area (Å²) in [5, 5.41) is 16.7. The highest BCUT2D eigenvalue weighted by molar-refractivity contribution is 5.86. The minimum absolute atomic E-state index is 0.0775. The third kappa shape index (κ3) is 7.13. The molecule has 0 radical (unpaired) electrons. The number of carbonyl (C=O) groups excluding carboxylic acids is 2. The van der Waals surface area contributed by atoms with E-state index in [4.69, 9.17) is 4.74 Å². The molecule has 4 rings (SSSR count). The number of halogens is 1. The Bertz CT molecular complexity index is 1340. The number of nitrogens with zero attached hydrogens (tertiary/aromatic N) is 2. The minimum atomic E-state index is -1.32. The number of carbonyl (C=O) groups is 3. The van der Waals surface area contributed by atoms with Crippen molar-refractivity contribution in [2.24, 2.45) is 0 Å². The molecule has 212 valence electrons. The van der Waals surface area contributed by atoms with E-state index >= 15 is 0 Å². The number of benzene rings is 3. The van der Waals surface area contributed by atoms with Gasteiger partial charge in [0, 0.05) is 40.2 Å². The maximum absolute atomic E-state index is 13.6. The standard InChI is InChI=1S/C30H35FN4O5/c1-32-28(36)27(17-21-7-10-22-5-3-4-6-23(22)15-21)34-13-14-35(25(18-34)19-40-2)29(37)26(33-30(38)39)16-20-8-11-24(31)12-9-20/h3-12,15,25-27,33H,13-14,16-19H2,1-2H3,(H,32,36)(H,38,39). The zero-order valence-corrected chi connectivity index (χ0v) is 22.7. The Morgan fingerprint density at radius 2 is 1.70 bits per heavy atom. The number of piperazine rings is 1. The molecule has 0 spiro atoms. The van der Waals surface area contributed by atoms with E-state index in [1.54, 1.807) is 19.1 Å². The van der Waals surface area contributed by atoms with Gasteiger partial charge in [0.25, 0.3) is 0 Å². The van der Waals surface area contributed by atoms with Gasteiger partial charge in [-0.3, -0.25) is 14.5 Å². The van der Waals surface area contributed by atoms with Crippen LogP contribution >= 0.6 is 0 Å². The van der Waals surface area contributed by atoms with Crippen molar-refractivity contribution in [1.29, 1.82) is 0 Å². The summed E-state index contributed by atoms with van der Waals surface area (Å²) < 4.78 is 18.8. The number of fused-ring (bicyclic) bond motifs is 1. The molecule has 3 amide bonds. The Hall–Kier alpha value is -4.02. The van der Waals surface area contributed by atoms with E-state index in [0.717, 1.165) is 16.3 Å². The van der Waals surface area contributed by atoms with Crippen LogP contribution in [0.25, 0.3) is 10.8 Å². The van der Waals surface area contributed by atoms with Crippen molar-refractivity contribution in [1.82, 2.24) is 20.4 Å². The maximum Gasteiger partial charge on any atom is 0.405 e. The summed E-state index contributed by atoms with van der Waals surface area (Å²) in [7, 11) is 3.15. The van der Waals surface area contributed by atoms with Gasteiger partial charge < -0.3 is 25.4 Å². The first-order valence-electron chi connectivity index (χ1n) is 13.3. The van der Waals surface area contributed by atoms with Gasteiger partial charge >= 0.3 is 6.09 Å². The quantitative estimate of drug-likeness (QED) is 0.358. The van der Waals surface area contributed by atoms with Crippen LogP contribution in [0, 0.1) is 5.82 Å². The zero-order chi connectivity index (χ0) is 28.6. The summed E-state index contributed by atoms with van der Waals surface area (Å²) in [6.07, 6.45) is -0.752. The molecule has 3 aromatic rings. The van der Waals surface area contributed by atoms with Crippen LogP contribution in [0.5, 0.6) is 0 Å². The Morgan fingerprint density at radius 1 is 1.00 bits per heavy atom. The predicted molar refractivity (Wildman–Crippen MR) is 150 cm³/mol. The number of hydrogen-bond acceptors (Lipinski definition) is 5. The Labute approximate surface area is 232 Å². The van der Waals surface area contributed by atoms with Crippen molar-refractivity contribution < 1.29 is 28.6 Å². The Morgan fingerprint density at radius 3 is 2.38 bits per heavy atom. The average Bonchev–Trinajstić information content (AvgIpc) is 2.96.